The van der Waals surface area contributed by atoms with Gasteiger partial charge in [-0.15, -0.1) is 0 Å². The monoisotopic (exact) mass is 415 g/mol. The molecule has 7 heteroatoms. The normalized spacial score (nSPS) is 11.8. The molecule has 0 spiro atoms. The minimum Gasteiger partial charge on any atom is -0.282 e. The van der Waals surface area contributed by atoms with Crippen molar-refractivity contribution in [2.75, 3.05) is 13.6 Å². The first-order chi connectivity index (χ1) is 13.9. The lowest BCUT2D eigenvalue weighted by molar-refractivity contribution is 0.451. The number of halogens is 1. The van der Waals surface area contributed by atoms with Crippen LogP contribution in [-0.4, -0.2) is 36.5 Å². The fourth-order valence-corrected chi connectivity index (χ4v) is 4.39. The summed E-state index contributed by atoms with van der Waals surface area (Å²) in [6.07, 6.45) is 3.52. The van der Waals surface area contributed by atoms with Crippen molar-refractivity contribution in [3.05, 3.63) is 77.7 Å². The minimum absolute atomic E-state index is 0.183. The lowest BCUT2D eigenvalue weighted by Gasteiger charge is -2.17. The van der Waals surface area contributed by atoms with E-state index in [4.69, 9.17) is 0 Å². The molecule has 0 atom stereocenters. The molecule has 3 aromatic rings. The molecule has 1 N–H and O–H groups in total. The van der Waals surface area contributed by atoms with Crippen LogP contribution in [0.5, 0.6) is 0 Å². The van der Waals surface area contributed by atoms with Crippen molar-refractivity contribution in [2.45, 2.75) is 31.4 Å². The Kier molecular flexibility index (Phi) is 7.17. The zero-order valence-corrected chi connectivity index (χ0v) is 17.3. The smallest absolute Gasteiger partial charge is 0.218 e. The van der Waals surface area contributed by atoms with E-state index >= 15 is 0 Å². The summed E-state index contributed by atoms with van der Waals surface area (Å²) in [5.74, 6) is -0.605. The summed E-state index contributed by atoms with van der Waals surface area (Å²) in [7, 11) is -1.87. The maximum absolute atomic E-state index is 13.3. The molecule has 0 radical (unpaired) electrons. The second-order valence-electron chi connectivity index (χ2n) is 7.16. The first-order valence-electron chi connectivity index (χ1n) is 9.72. The van der Waals surface area contributed by atoms with Crippen LogP contribution in [0.2, 0.25) is 0 Å². The van der Waals surface area contributed by atoms with Crippen LogP contribution in [-0.2, 0) is 22.2 Å². The van der Waals surface area contributed by atoms with Crippen molar-refractivity contribution >= 4 is 10.0 Å². The fraction of sp³-hybridized carbons (Fsp3) is 0.318. The SMILES string of the molecule is CN(CCCCCc1cc(-c2ccccc2)n[nH]1)S(=O)(=O)Cc1cccc(F)c1. The van der Waals surface area contributed by atoms with Crippen LogP contribution in [0.1, 0.15) is 30.5 Å². The first kappa shape index (κ1) is 21.2. The number of aryl methyl sites for hydroxylation is 1. The third kappa shape index (κ3) is 6.24. The number of aromatic amines is 1. The summed E-state index contributed by atoms with van der Waals surface area (Å²) in [6, 6.07) is 17.8. The summed E-state index contributed by atoms with van der Waals surface area (Å²) in [6.45, 7) is 0.454. The van der Waals surface area contributed by atoms with Gasteiger partial charge in [0, 0.05) is 24.8 Å². The summed E-state index contributed by atoms with van der Waals surface area (Å²) >= 11 is 0. The van der Waals surface area contributed by atoms with Gasteiger partial charge in [-0.05, 0) is 43.0 Å². The number of H-pyrrole nitrogens is 1. The Balaban J connectivity index is 1.40. The van der Waals surface area contributed by atoms with Crippen molar-refractivity contribution in [2.24, 2.45) is 0 Å². The minimum atomic E-state index is -3.45. The van der Waals surface area contributed by atoms with Gasteiger partial charge in [0.15, 0.2) is 0 Å². The predicted molar refractivity (Wildman–Crippen MR) is 113 cm³/mol. The molecule has 1 heterocycles. The van der Waals surface area contributed by atoms with Gasteiger partial charge in [0.25, 0.3) is 0 Å². The molecule has 0 aliphatic heterocycles. The molecule has 0 aliphatic rings. The Labute approximate surface area is 171 Å². The molecular weight excluding hydrogens is 389 g/mol. The average molecular weight is 416 g/mol. The standard InChI is InChI=1S/C22H26FN3O2S/c1-26(29(27,28)17-18-9-8-12-20(23)15-18)14-7-3-6-13-21-16-22(25-24-21)19-10-4-2-5-11-19/h2,4-5,8-12,15-16H,3,6-7,13-14,17H2,1H3,(H,24,25). The highest BCUT2D eigenvalue weighted by molar-refractivity contribution is 7.88. The molecule has 3 rings (SSSR count). The van der Waals surface area contributed by atoms with E-state index in [0.717, 1.165) is 42.6 Å². The summed E-state index contributed by atoms with van der Waals surface area (Å²) in [5, 5.41) is 7.43. The molecule has 0 bridgehead atoms. The summed E-state index contributed by atoms with van der Waals surface area (Å²) < 4.78 is 39.5. The number of hydrogen-bond acceptors (Lipinski definition) is 3. The molecule has 0 saturated heterocycles. The quantitative estimate of drug-likeness (QED) is 0.500. The number of benzene rings is 2. The highest BCUT2D eigenvalue weighted by Crippen LogP contribution is 2.18. The van der Waals surface area contributed by atoms with Crippen molar-refractivity contribution in [3.63, 3.8) is 0 Å². The molecule has 0 aliphatic carbocycles. The van der Waals surface area contributed by atoms with Crippen LogP contribution in [0.15, 0.2) is 60.7 Å². The lowest BCUT2D eigenvalue weighted by atomic mass is 10.1. The van der Waals surface area contributed by atoms with Gasteiger partial charge in [-0.1, -0.05) is 48.9 Å². The molecule has 0 unspecified atom stereocenters. The van der Waals surface area contributed by atoms with Gasteiger partial charge in [0.05, 0.1) is 11.4 Å². The largest absolute Gasteiger partial charge is 0.282 e. The van der Waals surface area contributed by atoms with Gasteiger partial charge in [-0.3, -0.25) is 5.10 Å². The number of nitrogens with zero attached hydrogens (tertiary/aromatic N) is 2. The van der Waals surface area contributed by atoms with E-state index < -0.39 is 15.8 Å². The first-order valence-corrected chi connectivity index (χ1v) is 11.3. The van der Waals surface area contributed by atoms with Gasteiger partial charge >= 0.3 is 0 Å². The van der Waals surface area contributed by atoms with E-state index in [2.05, 4.69) is 16.3 Å². The Morgan fingerprint density at radius 3 is 2.55 bits per heavy atom. The Hall–Kier alpha value is -2.51. The van der Waals surface area contributed by atoms with E-state index in [0.29, 0.717) is 12.1 Å². The highest BCUT2D eigenvalue weighted by Gasteiger charge is 2.18. The molecule has 0 fully saturated rings. The van der Waals surface area contributed by atoms with Crippen molar-refractivity contribution in [1.29, 1.82) is 0 Å². The molecule has 2 aromatic carbocycles. The Morgan fingerprint density at radius 2 is 1.79 bits per heavy atom. The molecular formula is C22H26FN3O2S. The van der Waals surface area contributed by atoms with E-state index in [1.807, 2.05) is 30.3 Å². The van der Waals surface area contributed by atoms with Crippen LogP contribution >= 0.6 is 0 Å². The van der Waals surface area contributed by atoms with Crippen LogP contribution < -0.4 is 0 Å². The summed E-state index contributed by atoms with van der Waals surface area (Å²) in [4.78, 5) is 0. The number of sulfonamides is 1. The average Bonchev–Trinajstić information content (AvgIpc) is 3.17. The third-order valence-electron chi connectivity index (χ3n) is 4.83. The van der Waals surface area contributed by atoms with Crippen molar-refractivity contribution in [3.8, 4) is 11.3 Å². The molecule has 1 aromatic heterocycles. The van der Waals surface area contributed by atoms with Gasteiger partial charge < -0.3 is 0 Å². The zero-order chi connectivity index (χ0) is 20.7. The second kappa shape index (κ2) is 9.80. The molecule has 0 saturated carbocycles. The van der Waals surface area contributed by atoms with E-state index in [1.54, 1.807) is 13.1 Å². The zero-order valence-electron chi connectivity index (χ0n) is 16.5. The molecule has 29 heavy (non-hydrogen) atoms. The van der Waals surface area contributed by atoms with Gasteiger partial charge in [0.2, 0.25) is 10.0 Å². The predicted octanol–water partition coefficient (Wildman–Crippen LogP) is 4.39. The van der Waals surface area contributed by atoms with Gasteiger partial charge in [0.1, 0.15) is 5.82 Å². The van der Waals surface area contributed by atoms with Crippen molar-refractivity contribution < 1.29 is 12.8 Å². The highest BCUT2D eigenvalue weighted by atomic mass is 32.2. The number of aromatic nitrogens is 2. The number of hydrogen-bond donors (Lipinski definition) is 1. The number of nitrogens with one attached hydrogen (secondary N) is 1. The Morgan fingerprint density at radius 1 is 1.00 bits per heavy atom. The van der Waals surface area contributed by atoms with Gasteiger partial charge in [-0.25, -0.2) is 17.1 Å². The van der Waals surface area contributed by atoms with Crippen LogP contribution in [0, 0.1) is 5.82 Å². The molecule has 5 nitrogen and oxygen atoms in total. The maximum Gasteiger partial charge on any atom is 0.218 e. The van der Waals surface area contributed by atoms with E-state index in [-0.39, 0.29) is 5.75 Å². The van der Waals surface area contributed by atoms with Crippen LogP contribution in [0.25, 0.3) is 11.3 Å². The van der Waals surface area contributed by atoms with Crippen molar-refractivity contribution in [1.82, 2.24) is 14.5 Å². The lowest BCUT2D eigenvalue weighted by Crippen LogP contribution is -2.29. The molecule has 0 amide bonds. The number of rotatable bonds is 10. The van der Waals surface area contributed by atoms with E-state index in [1.165, 1.54) is 22.5 Å². The van der Waals surface area contributed by atoms with Crippen LogP contribution in [0.4, 0.5) is 4.39 Å². The fourth-order valence-electron chi connectivity index (χ4n) is 3.16. The third-order valence-corrected chi connectivity index (χ3v) is 6.66. The summed E-state index contributed by atoms with van der Waals surface area (Å²) in [5.41, 5.74) is 3.56. The van der Waals surface area contributed by atoms with Gasteiger partial charge in [-0.2, -0.15) is 5.10 Å². The topological polar surface area (TPSA) is 66.1 Å². The van der Waals surface area contributed by atoms with Crippen LogP contribution in [0.3, 0.4) is 0 Å². The Bertz CT molecular complexity index is 1020. The van der Waals surface area contributed by atoms with E-state index in [9.17, 15) is 12.8 Å². The maximum atomic E-state index is 13.3. The number of unbranched alkanes of at least 4 members (excludes halogenated alkanes) is 2. The molecule has 154 valence electrons. The second-order valence-corrected chi connectivity index (χ2v) is 9.24.